The summed E-state index contributed by atoms with van der Waals surface area (Å²) in [5.41, 5.74) is 2.47. The number of benzene rings is 3. The third-order valence-corrected chi connectivity index (χ3v) is 8.23. The molecule has 8 nitrogen and oxygen atoms in total. The van der Waals surface area contributed by atoms with Crippen LogP contribution in [0.1, 0.15) is 43.7 Å². The second kappa shape index (κ2) is 12.4. The van der Waals surface area contributed by atoms with Crippen molar-refractivity contribution >= 4 is 40.3 Å². The number of para-hydroxylation sites is 1. The monoisotopic (exact) mass is 557 g/mol. The Balaban J connectivity index is 1.38. The topological polar surface area (TPSA) is 94.3 Å². The van der Waals surface area contributed by atoms with Crippen molar-refractivity contribution in [3.8, 4) is 11.5 Å². The molecule has 1 aliphatic carbocycles. The summed E-state index contributed by atoms with van der Waals surface area (Å²) in [4.78, 5) is 31.6. The van der Waals surface area contributed by atoms with Gasteiger partial charge in [-0.15, -0.1) is 0 Å². The molecular weight excluding hydrogens is 526 g/mol. The van der Waals surface area contributed by atoms with Crippen molar-refractivity contribution in [1.29, 1.82) is 0 Å². The van der Waals surface area contributed by atoms with Crippen LogP contribution in [0, 0.1) is 16.0 Å². The standard InChI is InChI=1S/C31H31N3O5S/c1-21-8-6-7-11-26(21)33-30(35)29(40-31(33)32-24-9-4-3-5-10-24)19-23-14-17-27(28(18-23)38-2)39-20-22-12-15-25(16-13-22)34(36)37/h3-5,9-10,12-19,21,26H,6-8,11,20H2,1-2H3/b29-19-,32-31?/t21-,26+/m1/s1. The third-order valence-electron chi connectivity index (χ3n) is 7.24. The number of methoxy groups -OCH3 is 1. The summed E-state index contributed by atoms with van der Waals surface area (Å²) < 4.78 is 11.5. The van der Waals surface area contributed by atoms with Crippen LogP contribution < -0.4 is 9.47 Å². The lowest BCUT2D eigenvalue weighted by molar-refractivity contribution is -0.384. The number of amidine groups is 1. The van der Waals surface area contributed by atoms with Gasteiger partial charge in [-0.2, -0.15) is 0 Å². The number of aliphatic imine (C=N–C) groups is 1. The first-order valence-corrected chi connectivity index (χ1v) is 14.2. The molecule has 1 amide bonds. The molecule has 9 heteroatoms. The number of ether oxygens (including phenoxy) is 2. The van der Waals surface area contributed by atoms with Crippen molar-refractivity contribution in [3.05, 3.63) is 98.9 Å². The molecule has 0 bridgehead atoms. The van der Waals surface area contributed by atoms with Gasteiger partial charge in [0, 0.05) is 18.2 Å². The summed E-state index contributed by atoms with van der Waals surface area (Å²) in [5.74, 6) is 1.46. The van der Waals surface area contributed by atoms with Crippen LogP contribution in [0.5, 0.6) is 11.5 Å². The summed E-state index contributed by atoms with van der Waals surface area (Å²) in [6.07, 6.45) is 6.26. The minimum absolute atomic E-state index is 0.0177. The minimum atomic E-state index is -0.431. The van der Waals surface area contributed by atoms with Crippen molar-refractivity contribution in [2.24, 2.45) is 10.9 Å². The van der Waals surface area contributed by atoms with Gasteiger partial charge < -0.3 is 9.47 Å². The number of amides is 1. The SMILES string of the molecule is COc1cc(/C=C2\SC(=Nc3ccccc3)N([C@H]3CCCC[C@H]3C)C2=O)ccc1OCc1ccc([N+](=O)[O-])cc1. The van der Waals surface area contributed by atoms with E-state index in [1.165, 1.54) is 30.3 Å². The molecule has 3 aromatic carbocycles. The van der Waals surface area contributed by atoms with Crippen LogP contribution in [0.3, 0.4) is 0 Å². The Bertz CT molecular complexity index is 1440. The van der Waals surface area contributed by atoms with Gasteiger partial charge >= 0.3 is 0 Å². The van der Waals surface area contributed by atoms with Gasteiger partial charge in [-0.1, -0.05) is 44.0 Å². The Hall–Kier alpha value is -4.11. The summed E-state index contributed by atoms with van der Waals surface area (Å²) in [5, 5.41) is 11.6. The molecule has 2 aliphatic rings. The third kappa shape index (κ3) is 6.20. The highest BCUT2D eigenvalue weighted by Crippen LogP contribution is 2.40. The van der Waals surface area contributed by atoms with E-state index in [0.717, 1.165) is 41.2 Å². The summed E-state index contributed by atoms with van der Waals surface area (Å²) in [6, 6.07) is 21.6. The minimum Gasteiger partial charge on any atom is -0.493 e. The Morgan fingerprint density at radius 3 is 2.50 bits per heavy atom. The highest BCUT2D eigenvalue weighted by molar-refractivity contribution is 8.18. The number of nitrogens with zero attached hydrogens (tertiary/aromatic N) is 3. The normalized spacial score (nSPS) is 21.1. The Kier molecular flexibility index (Phi) is 8.50. The zero-order valence-electron chi connectivity index (χ0n) is 22.5. The largest absolute Gasteiger partial charge is 0.493 e. The van der Waals surface area contributed by atoms with Gasteiger partial charge in [-0.3, -0.25) is 19.8 Å². The van der Waals surface area contributed by atoms with E-state index in [4.69, 9.17) is 14.5 Å². The predicted octanol–water partition coefficient (Wildman–Crippen LogP) is 7.37. The van der Waals surface area contributed by atoms with E-state index in [2.05, 4.69) is 6.92 Å². The zero-order valence-corrected chi connectivity index (χ0v) is 23.3. The second-order valence-corrected chi connectivity index (χ2v) is 11.0. The van der Waals surface area contributed by atoms with Crippen LogP contribution in [-0.2, 0) is 11.4 Å². The van der Waals surface area contributed by atoms with E-state index in [0.29, 0.717) is 22.3 Å². The Labute approximate surface area is 237 Å². The molecule has 0 unspecified atom stereocenters. The summed E-state index contributed by atoms with van der Waals surface area (Å²) in [7, 11) is 1.57. The van der Waals surface area contributed by atoms with Crippen LogP contribution >= 0.6 is 11.8 Å². The molecule has 1 heterocycles. The van der Waals surface area contributed by atoms with E-state index in [-0.39, 0.29) is 24.2 Å². The van der Waals surface area contributed by atoms with Crippen molar-refractivity contribution in [3.63, 3.8) is 0 Å². The average molecular weight is 558 g/mol. The Morgan fingerprint density at radius 1 is 1.05 bits per heavy atom. The summed E-state index contributed by atoms with van der Waals surface area (Å²) >= 11 is 1.41. The summed E-state index contributed by atoms with van der Waals surface area (Å²) in [6.45, 7) is 2.46. The quantitative estimate of drug-likeness (QED) is 0.163. The van der Waals surface area contributed by atoms with Crippen molar-refractivity contribution < 1.29 is 19.2 Å². The number of nitro benzene ring substituents is 1. The van der Waals surface area contributed by atoms with E-state index in [9.17, 15) is 14.9 Å². The molecular formula is C31H31N3O5S. The van der Waals surface area contributed by atoms with Crippen molar-refractivity contribution in [2.75, 3.05) is 7.11 Å². The lowest BCUT2D eigenvalue weighted by Gasteiger charge is -2.35. The highest BCUT2D eigenvalue weighted by Gasteiger charge is 2.41. The molecule has 206 valence electrons. The second-order valence-electron chi connectivity index (χ2n) is 9.97. The first-order valence-electron chi connectivity index (χ1n) is 13.3. The molecule has 0 spiro atoms. The van der Waals surface area contributed by atoms with Crippen molar-refractivity contribution in [2.45, 2.75) is 45.3 Å². The molecule has 0 radical (unpaired) electrons. The van der Waals surface area contributed by atoms with Crippen LogP contribution in [-0.4, -0.2) is 34.0 Å². The van der Waals surface area contributed by atoms with Gasteiger partial charge in [0.15, 0.2) is 16.7 Å². The molecule has 1 saturated carbocycles. The maximum absolute atomic E-state index is 13.8. The van der Waals surface area contributed by atoms with Crippen LogP contribution in [0.4, 0.5) is 11.4 Å². The molecule has 40 heavy (non-hydrogen) atoms. The van der Waals surface area contributed by atoms with E-state index < -0.39 is 4.92 Å². The zero-order chi connectivity index (χ0) is 28.1. The number of carbonyl (C=O) groups is 1. The van der Waals surface area contributed by atoms with Gasteiger partial charge in [-0.25, -0.2) is 4.99 Å². The maximum Gasteiger partial charge on any atom is 0.269 e. The number of nitro groups is 1. The van der Waals surface area contributed by atoms with Gasteiger partial charge in [0.25, 0.3) is 11.6 Å². The van der Waals surface area contributed by atoms with Gasteiger partial charge in [0.05, 0.1) is 22.6 Å². The number of non-ortho nitro benzene ring substituents is 1. The lowest BCUT2D eigenvalue weighted by Crippen LogP contribution is -2.44. The molecule has 1 aliphatic heterocycles. The first kappa shape index (κ1) is 27.5. The van der Waals surface area contributed by atoms with Gasteiger partial charge in [0.2, 0.25) is 0 Å². The number of carbonyl (C=O) groups excluding carboxylic acids is 1. The van der Waals surface area contributed by atoms with E-state index >= 15 is 0 Å². The van der Waals surface area contributed by atoms with Gasteiger partial charge in [-0.05, 0) is 84.1 Å². The van der Waals surface area contributed by atoms with Crippen molar-refractivity contribution in [1.82, 2.24) is 4.90 Å². The fourth-order valence-corrected chi connectivity index (χ4v) is 6.11. The highest BCUT2D eigenvalue weighted by atomic mass is 32.2. The van der Waals surface area contributed by atoms with E-state index in [1.807, 2.05) is 53.4 Å². The number of hydrogen-bond acceptors (Lipinski definition) is 7. The Morgan fingerprint density at radius 2 is 1.80 bits per heavy atom. The van der Waals surface area contributed by atoms with Crippen LogP contribution in [0.2, 0.25) is 0 Å². The smallest absolute Gasteiger partial charge is 0.269 e. The average Bonchev–Trinajstić information content (AvgIpc) is 3.26. The molecule has 2 atom stereocenters. The molecule has 2 fully saturated rings. The molecule has 0 N–H and O–H groups in total. The van der Waals surface area contributed by atoms with E-state index in [1.54, 1.807) is 25.3 Å². The number of hydrogen-bond donors (Lipinski definition) is 0. The molecule has 5 rings (SSSR count). The predicted molar refractivity (Wildman–Crippen MR) is 158 cm³/mol. The maximum atomic E-state index is 13.8. The van der Waals surface area contributed by atoms with Crippen LogP contribution in [0.15, 0.2) is 82.7 Å². The molecule has 1 saturated heterocycles. The molecule has 0 aromatic heterocycles. The van der Waals surface area contributed by atoms with Crippen LogP contribution in [0.25, 0.3) is 6.08 Å². The first-order chi connectivity index (χ1) is 19.4. The fraction of sp³-hybridized carbons (Fsp3) is 0.290. The number of thioether (sulfide) groups is 1. The fourth-order valence-electron chi connectivity index (χ4n) is 5.07. The molecule has 3 aromatic rings. The number of rotatable bonds is 8. The van der Waals surface area contributed by atoms with Gasteiger partial charge in [0.1, 0.15) is 6.61 Å². The lowest BCUT2D eigenvalue weighted by atomic mass is 9.85.